The molecule has 1 amide bonds. The van der Waals surface area contributed by atoms with Crippen LogP contribution in [0.3, 0.4) is 0 Å². The molecule has 0 unspecified atom stereocenters. The summed E-state index contributed by atoms with van der Waals surface area (Å²) >= 11 is 0. The summed E-state index contributed by atoms with van der Waals surface area (Å²) in [4.78, 5) is 11.8. The molecular formula is C18H17N3O2. The van der Waals surface area contributed by atoms with Gasteiger partial charge in [-0.3, -0.25) is 15.6 Å². The summed E-state index contributed by atoms with van der Waals surface area (Å²) in [6.07, 6.45) is 1.55. The van der Waals surface area contributed by atoms with Crippen LogP contribution in [-0.4, -0.2) is 12.5 Å². The summed E-state index contributed by atoms with van der Waals surface area (Å²) in [6, 6.07) is 17.6. The van der Waals surface area contributed by atoms with Gasteiger partial charge >= 0.3 is 0 Å². The van der Waals surface area contributed by atoms with Crippen LogP contribution in [0.15, 0.2) is 71.9 Å². The minimum Gasteiger partial charge on any atom is -0.463 e. The van der Waals surface area contributed by atoms with Gasteiger partial charge < -0.3 is 9.73 Å². The molecule has 0 bridgehead atoms. The number of fused-ring (bicyclic) bond motifs is 1. The van der Waals surface area contributed by atoms with Gasteiger partial charge in [0.1, 0.15) is 0 Å². The van der Waals surface area contributed by atoms with Gasteiger partial charge in [-0.25, -0.2) is 0 Å². The molecule has 23 heavy (non-hydrogen) atoms. The van der Waals surface area contributed by atoms with Crippen LogP contribution in [0, 0.1) is 0 Å². The molecule has 3 N–H and O–H groups in total. The number of rotatable bonds is 6. The van der Waals surface area contributed by atoms with Crippen molar-refractivity contribution in [3.63, 3.8) is 0 Å². The standard InChI is InChI=1S/C18H17N3O2/c1-13(17-7-4-10-23-17)20-21-18(22)12-19-16-9-8-14-5-2-3-6-15(14)11-16/h2-11,19-20H,1,12H2,(H,21,22). The summed E-state index contributed by atoms with van der Waals surface area (Å²) in [5.41, 5.74) is 6.68. The number of furan rings is 1. The molecule has 2 aromatic carbocycles. The molecule has 5 nitrogen and oxygen atoms in total. The minimum atomic E-state index is -0.203. The summed E-state index contributed by atoms with van der Waals surface area (Å²) in [6.45, 7) is 3.93. The average molecular weight is 307 g/mol. The van der Waals surface area contributed by atoms with E-state index < -0.39 is 0 Å². The van der Waals surface area contributed by atoms with Crippen LogP contribution in [0.25, 0.3) is 16.5 Å². The van der Waals surface area contributed by atoms with Gasteiger partial charge in [-0.2, -0.15) is 0 Å². The van der Waals surface area contributed by atoms with Crippen molar-refractivity contribution >= 4 is 28.1 Å². The van der Waals surface area contributed by atoms with Gasteiger partial charge in [0.15, 0.2) is 5.76 Å². The van der Waals surface area contributed by atoms with E-state index in [0.29, 0.717) is 11.5 Å². The van der Waals surface area contributed by atoms with Crippen molar-refractivity contribution in [3.8, 4) is 0 Å². The molecule has 0 fully saturated rings. The second-order valence-corrected chi connectivity index (χ2v) is 5.04. The Kier molecular flexibility index (Phi) is 4.29. The first-order valence-electron chi connectivity index (χ1n) is 7.23. The van der Waals surface area contributed by atoms with Gasteiger partial charge in [-0.05, 0) is 35.0 Å². The van der Waals surface area contributed by atoms with Crippen LogP contribution >= 0.6 is 0 Å². The SMILES string of the molecule is C=C(NNC(=O)CNc1ccc2ccccc2c1)c1ccco1. The van der Waals surface area contributed by atoms with Crippen LogP contribution in [0.2, 0.25) is 0 Å². The molecule has 0 radical (unpaired) electrons. The predicted octanol–water partition coefficient (Wildman–Crippen LogP) is 3.14. The Morgan fingerprint density at radius 1 is 1.00 bits per heavy atom. The Balaban J connectivity index is 1.51. The highest BCUT2D eigenvalue weighted by Crippen LogP contribution is 2.18. The highest BCUT2D eigenvalue weighted by molar-refractivity contribution is 5.87. The molecule has 1 aromatic heterocycles. The Bertz CT molecular complexity index is 825. The topological polar surface area (TPSA) is 66.3 Å². The number of anilines is 1. The molecule has 3 aromatic rings. The van der Waals surface area contributed by atoms with E-state index in [2.05, 4.69) is 28.8 Å². The minimum absolute atomic E-state index is 0.150. The van der Waals surface area contributed by atoms with E-state index in [1.165, 1.54) is 5.39 Å². The predicted molar refractivity (Wildman–Crippen MR) is 91.5 cm³/mol. The van der Waals surface area contributed by atoms with Gasteiger partial charge in [0.2, 0.25) is 0 Å². The first-order valence-corrected chi connectivity index (χ1v) is 7.23. The molecule has 0 saturated heterocycles. The molecule has 1 heterocycles. The molecule has 0 spiro atoms. The summed E-state index contributed by atoms with van der Waals surface area (Å²) in [5, 5.41) is 5.38. The summed E-state index contributed by atoms with van der Waals surface area (Å²) < 4.78 is 5.17. The lowest BCUT2D eigenvalue weighted by atomic mass is 10.1. The second-order valence-electron chi connectivity index (χ2n) is 5.04. The largest absolute Gasteiger partial charge is 0.463 e. The lowest BCUT2D eigenvalue weighted by molar-refractivity contribution is -0.120. The highest BCUT2D eigenvalue weighted by atomic mass is 16.3. The zero-order valence-corrected chi connectivity index (χ0v) is 12.5. The molecule has 0 aliphatic carbocycles. The molecule has 0 aliphatic rings. The van der Waals surface area contributed by atoms with Crippen LogP contribution in [-0.2, 0) is 4.79 Å². The van der Waals surface area contributed by atoms with Crippen LogP contribution in [0.1, 0.15) is 5.76 Å². The third kappa shape index (κ3) is 3.71. The van der Waals surface area contributed by atoms with Crippen molar-refractivity contribution < 1.29 is 9.21 Å². The number of hydrogen-bond acceptors (Lipinski definition) is 4. The molecule has 5 heteroatoms. The van der Waals surface area contributed by atoms with Gasteiger partial charge in [0.05, 0.1) is 18.5 Å². The van der Waals surface area contributed by atoms with Crippen molar-refractivity contribution in [3.05, 3.63) is 73.2 Å². The third-order valence-corrected chi connectivity index (χ3v) is 3.37. The van der Waals surface area contributed by atoms with E-state index >= 15 is 0 Å². The highest BCUT2D eigenvalue weighted by Gasteiger charge is 2.04. The Labute approximate surface area is 134 Å². The molecule has 0 saturated carbocycles. The summed E-state index contributed by atoms with van der Waals surface area (Å²) in [5.74, 6) is 0.374. The van der Waals surface area contributed by atoms with Crippen molar-refractivity contribution in [2.45, 2.75) is 0 Å². The Morgan fingerprint density at radius 2 is 1.83 bits per heavy atom. The first kappa shape index (κ1) is 14.7. The molecular weight excluding hydrogens is 290 g/mol. The van der Waals surface area contributed by atoms with Crippen LogP contribution in [0.5, 0.6) is 0 Å². The van der Waals surface area contributed by atoms with E-state index in [4.69, 9.17) is 4.42 Å². The molecule has 3 rings (SSSR count). The van der Waals surface area contributed by atoms with Crippen LogP contribution in [0.4, 0.5) is 5.69 Å². The smallest absolute Gasteiger partial charge is 0.257 e. The van der Waals surface area contributed by atoms with E-state index in [0.717, 1.165) is 11.1 Å². The number of hydrogen-bond donors (Lipinski definition) is 3. The number of nitrogens with one attached hydrogen (secondary N) is 3. The first-order chi connectivity index (χ1) is 11.2. The van der Waals surface area contributed by atoms with E-state index in [1.54, 1.807) is 18.4 Å². The zero-order chi connectivity index (χ0) is 16.1. The van der Waals surface area contributed by atoms with Crippen molar-refractivity contribution in [1.82, 2.24) is 10.9 Å². The monoisotopic (exact) mass is 307 g/mol. The number of carbonyl (C=O) groups excluding carboxylic acids is 1. The van der Waals surface area contributed by atoms with Crippen molar-refractivity contribution in [1.29, 1.82) is 0 Å². The molecule has 0 atom stereocenters. The number of amides is 1. The maximum absolute atomic E-state index is 11.8. The van der Waals surface area contributed by atoms with E-state index in [-0.39, 0.29) is 12.5 Å². The fraction of sp³-hybridized carbons (Fsp3) is 0.0556. The fourth-order valence-corrected chi connectivity index (χ4v) is 2.18. The number of hydrazine groups is 1. The fourth-order valence-electron chi connectivity index (χ4n) is 2.18. The quantitative estimate of drug-likeness (QED) is 0.612. The molecule has 0 aliphatic heterocycles. The lowest BCUT2D eigenvalue weighted by Gasteiger charge is -2.11. The zero-order valence-electron chi connectivity index (χ0n) is 12.5. The summed E-state index contributed by atoms with van der Waals surface area (Å²) in [7, 11) is 0. The third-order valence-electron chi connectivity index (χ3n) is 3.37. The van der Waals surface area contributed by atoms with E-state index in [9.17, 15) is 4.79 Å². The van der Waals surface area contributed by atoms with Crippen molar-refractivity contribution in [2.24, 2.45) is 0 Å². The van der Waals surface area contributed by atoms with E-state index in [1.807, 2.05) is 36.4 Å². The Hall–Kier alpha value is -3.21. The second kappa shape index (κ2) is 6.70. The maximum Gasteiger partial charge on any atom is 0.257 e. The van der Waals surface area contributed by atoms with Gasteiger partial charge in [-0.1, -0.05) is 36.9 Å². The average Bonchev–Trinajstić information content (AvgIpc) is 3.12. The Morgan fingerprint density at radius 3 is 2.61 bits per heavy atom. The number of carbonyl (C=O) groups is 1. The van der Waals surface area contributed by atoms with Gasteiger partial charge in [0.25, 0.3) is 5.91 Å². The normalized spacial score (nSPS) is 10.3. The van der Waals surface area contributed by atoms with Crippen molar-refractivity contribution in [2.75, 3.05) is 11.9 Å². The maximum atomic E-state index is 11.8. The van der Waals surface area contributed by atoms with Crippen LogP contribution < -0.4 is 16.2 Å². The van der Waals surface area contributed by atoms with Gasteiger partial charge in [0, 0.05) is 5.69 Å². The lowest BCUT2D eigenvalue weighted by Crippen LogP contribution is -2.39. The number of benzene rings is 2. The van der Waals surface area contributed by atoms with Gasteiger partial charge in [-0.15, -0.1) is 0 Å². The molecule has 116 valence electrons.